The molecule has 0 aliphatic heterocycles. The molecule has 0 saturated carbocycles. The number of hydrogen-bond donors (Lipinski definition) is 1. The van der Waals surface area contributed by atoms with E-state index in [0.29, 0.717) is 10.8 Å². The summed E-state index contributed by atoms with van der Waals surface area (Å²) in [7, 11) is -3.86. The molecule has 9 heteroatoms. The van der Waals surface area contributed by atoms with Gasteiger partial charge in [0.15, 0.2) is 0 Å². The normalized spacial score (nSPS) is 11.2. The predicted octanol–water partition coefficient (Wildman–Crippen LogP) is 2.91. The Labute approximate surface area is 144 Å². The summed E-state index contributed by atoms with van der Waals surface area (Å²) >= 11 is 5.76. The third kappa shape index (κ3) is 4.44. The van der Waals surface area contributed by atoms with Gasteiger partial charge in [0.2, 0.25) is 10.0 Å². The maximum absolute atomic E-state index is 12.3. The molecule has 0 spiro atoms. The molecule has 2 rings (SSSR count). The van der Waals surface area contributed by atoms with Crippen LogP contribution in [0.1, 0.15) is 5.56 Å². The van der Waals surface area contributed by atoms with E-state index in [1.54, 1.807) is 24.3 Å². The zero-order chi connectivity index (χ0) is 17.7. The van der Waals surface area contributed by atoms with Crippen LogP contribution in [0, 0.1) is 17.0 Å². The first-order chi connectivity index (χ1) is 11.3. The average Bonchev–Trinajstić information content (AvgIpc) is 2.53. The Balaban J connectivity index is 2.00. The number of benzene rings is 2. The minimum atomic E-state index is -3.86. The van der Waals surface area contributed by atoms with Gasteiger partial charge in [0.25, 0.3) is 5.69 Å². The lowest BCUT2D eigenvalue weighted by Crippen LogP contribution is -2.29. The van der Waals surface area contributed by atoms with Gasteiger partial charge in [0.05, 0.1) is 9.82 Å². The third-order valence-corrected chi connectivity index (χ3v) is 5.08. The van der Waals surface area contributed by atoms with Gasteiger partial charge in [-0.25, -0.2) is 13.1 Å². The Morgan fingerprint density at radius 2 is 1.88 bits per heavy atom. The van der Waals surface area contributed by atoms with E-state index in [-0.39, 0.29) is 29.3 Å². The minimum absolute atomic E-state index is 0.0209. The van der Waals surface area contributed by atoms with Crippen molar-refractivity contribution in [2.45, 2.75) is 11.8 Å². The topological polar surface area (TPSA) is 98.5 Å². The van der Waals surface area contributed by atoms with E-state index in [9.17, 15) is 18.5 Å². The van der Waals surface area contributed by atoms with Crippen molar-refractivity contribution in [3.63, 3.8) is 0 Å². The van der Waals surface area contributed by atoms with E-state index in [1.807, 2.05) is 0 Å². The van der Waals surface area contributed by atoms with E-state index in [2.05, 4.69) is 4.72 Å². The molecule has 0 heterocycles. The van der Waals surface area contributed by atoms with E-state index in [0.717, 1.165) is 0 Å². The summed E-state index contributed by atoms with van der Waals surface area (Å²) in [5.41, 5.74) is -0.149. The molecule has 128 valence electrons. The van der Waals surface area contributed by atoms with Crippen LogP contribution in [0.2, 0.25) is 5.02 Å². The number of sulfonamides is 1. The number of nitro groups is 1. The molecule has 0 saturated heterocycles. The monoisotopic (exact) mass is 370 g/mol. The van der Waals surface area contributed by atoms with Gasteiger partial charge in [0.1, 0.15) is 12.4 Å². The van der Waals surface area contributed by atoms with E-state index in [1.165, 1.54) is 25.1 Å². The van der Waals surface area contributed by atoms with Gasteiger partial charge < -0.3 is 4.74 Å². The van der Waals surface area contributed by atoms with Crippen molar-refractivity contribution in [2.75, 3.05) is 13.2 Å². The average molecular weight is 371 g/mol. The first-order valence-corrected chi connectivity index (χ1v) is 8.79. The Morgan fingerprint density at radius 1 is 1.21 bits per heavy atom. The summed E-state index contributed by atoms with van der Waals surface area (Å²) in [5.74, 6) is 0.560. The molecule has 0 aromatic heterocycles. The fraction of sp³-hybridized carbons (Fsp3) is 0.200. The highest BCUT2D eigenvalue weighted by Gasteiger charge is 2.22. The molecule has 24 heavy (non-hydrogen) atoms. The number of nitro benzene ring substituents is 1. The van der Waals surface area contributed by atoms with Gasteiger partial charge in [-0.05, 0) is 37.3 Å². The molecule has 1 N–H and O–H groups in total. The molecule has 0 amide bonds. The maximum Gasteiger partial charge on any atom is 0.273 e. The smallest absolute Gasteiger partial charge is 0.273 e. The zero-order valence-electron chi connectivity index (χ0n) is 12.7. The number of nitrogens with zero attached hydrogens (tertiary/aromatic N) is 1. The van der Waals surface area contributed by atoms with Crippen molar-refractivity contribution in [1.82, 2.24) is 4.72 Å². The molecule has 7 nitrogen and oxygen atoms in total. The predicted molar refractivity (Wildman–Crippen MR) is 90.0 cm³/mol. The van der Waals surface area contributed by atoms with Gasteiger partial charge in [-0.2, -0.15) is 0 Å². The van der Waals surface area contributed by atoms with Crippen LogP contribution in [0.15, 0.2) is 47.4 Å². The summed E-state index contributed by atoms with van der Waals surface area (Å²) in [6, 6.07) is 10.6. The number of hydrogen-bond acceptors (Lipinski definition) is 5. The lowest BCUT2D eigenvalue weighted by Gasteiger charge is -2.10. The van der Waals surface area contributed by atoms with Crippen LogP contribution in [0.3, 0.4) is 0 Å². The van der Waals surface area contributed by atoms with Crippen molar-refractivity contribution in [3.8, 4) is 5.75 Å². The summed E-state index contributed by atoms with van der Waals surface area (Å²) in [6.07, 6.45) is 0. The quantitative estimate of drug-likeness (QED) is 0.459. The molecular formula is C15H15ClN2O5S. The fourth-order valence-electron chi connectivity index (χ4n) is 2.05. The minimum Gasteiger partial charge on any atom is -0.492 e. The van der Waals surface area contributed by atoms with Crippen molar-refractivity contribution in [3.05, 3.63) is 63.2 Å². The van der Waals surface area contributed by atoms with Crippen LogP contribution in [0.4, 0.5) is 5.69 Å². The molecule has 2 aromatic carbocycles. The van der Waals surface area contributed by atoms with E-state index in [4.69, 9.17) is 16.3 Å². The Kier molecular flexibility index (Phi) is 5.76. The number of nitrogens with one attached hydrogen (secondary N) is 1. The molecule has 0 fully saturated rings. The van der Waals surface area contributed by atoms with E-state index >= 15 is 0 Å². The lowest BCUT2D eigenvalue weighted by atomic mass is 10.2. The SMILES string of the molecule is Cc1c([N+](=O)[O-])cccc1S(=O)(=O)NCCOc1ccc(Cl)cc1. The third-order valence-electron chi connectivity index (χ3n) is 3.22. The fourth-order valence-corrected chi connectivity index (χ4v) is 3.44. The first-order valence-electron chi connectivity index (χ1n) is 6.93. The lowest BCUT2D eigenvalue weighted by molar-refractivity contribution is -0.385. The number of rotatable bonds is 7. The second-order valence-corrected chi connectivity index (χ2v) is 7.03. The summed E-state index contributed by atoms with van der Waals surface area (Å²) < 4.78 is 32.3. The van der Waals surface area contributed by atoms with Crippen molar-refractivity contribution >= 4 is 27.3 Å². The standard InChI is InChI=1S/C15H15ClN2O5S/c1-11-14(18(19)20)3-2-4-15(11)24(21,22)17-9-10-23-13-7-5-12(16)6-8-13/h2-8,17H,9-10H2,1H3. The summed E-state index contributed by atoms with van der Waals surface area (Å²) in [4.78, 5) is 10.2. The molecule has 0 radical (unpaired) electrons. The van der Waals surface area contributed by atoms with Crippen LogP contribution in [0.25, 0.3) is 0 Å². The highest BCUT2D eigenvalue weighted by molar-refractivity contribution is 7.89. The molecule has 0 aliphatic rings. The molecule has 0 bridgehead atoms. The van der Waals surface area contributed by atoms with Crippen LogP contribution in [0.5, 0.6) is 5.75 Å². The van der Waals surface area contributed by atoms with Crippen LogP contribution < -0.4 is 9.46 Å². The molecule has 0 atom stereocenters. The highest BCUT2D eigenvalue weighted by Crippen LogP contribution is 2.24. The van der Waals surface area contributed by atoms with Crippen LogP contribution in [-0.2, 0) is 10.0 Å². The van der Waals surface area contributed by atoms with Gasteiger partial charge in [-0.15, -0.1) is 0 Å². The van der Waals surface area contributed by atoms with Crippen molar-refractivity contribution in [2.24, 2.45) is 0 Å². The van der Waals surface area contributed by atoms with Gasteiger partial charge in [-0.3, -0.25) is 10.1 Å². The second-order valence-electron chi connectivity index (χ2n) is 4.86. The first kappa shape index (κ1) is 18.2. The molecule has 2 aromatic rings. The highest BCUT2D eigenvalue weighted by atomic mass is 35.5. The van der Waals surface area contributed by atoms with Crippen LogP contribution >= 0.6 is 11.6 Å². The molecular weight excluding hydrogens is 356 g/mol. The number of halogens is 1. The Bertz CT molecular complexity index is 837. The van der Waals surface area contributed by atoms with Gasteiger partial charge >= 0.3 is 0 Å². The van der Waals surface area contributed by atoms with Gasteiger partial charge in [-0.1, -0.05) is 17.7 Å². The van der Waals surface area contributed by atoms with E-state index < -0.39 is 14.9 Å². The van der Waals surface area contributed by atoms with Crippen LogP contribution in [-0.4, -0.2) is 26.5 Å². The summed E-state index contributed by atoms with van der Waals surface area (Å²) in [6.45, 7) is 1.53. The summed E-state index contributed by atoms with van der Waals surface area (Å²) in [5, 5.41) is 11.5. The Morgan fingerprint density at radius 3 is 2.50 bits per heavy atom. The number of ether oxygens (including phenoxy) is 1. The van der Waals surface area contributed by atoms with Crippen molar-refractivity contribution in [1.29, 1.82) is 0 Å². The molecule has 0 unspecified atom stereocenters. The maximum atomic E-state index is 12.3. The largest absolute Gasteiger partial charge is 0.492 e. The Hall–Kier alpha value is -2.16. The second kappa shape index (κ2) is 7.61. The molecule has 0 aliphatic carbocycles. The van der Waals surface area contributed by atoms with Gasteiger partial charge in [0, 0.05) is 23.2 Å². The zero-order valence-corrected chi connectivity index (χ0v) is 14.3. The van der Waals surface area contributed by atoms with Crippen molar-refractivity contribution < 1.29 is 18.1 Å².